The molecule has 276 valence electrons. The minimum atomic E-state index is -0.697. The summed E-state index contributed by atoms with van der Waals surface area (Å²) in [5.74, 6) is 0.601. The largest absolute Gasteiger partial charge is 0.493 e. The maximum atomic E-state index is 14.3. The summed E-state index contributed by atoms with van der Waals surface area (Å²) in [5, 5.41) is 2.87. The number of hydrogen-bond donors (Lipinski definition) is 1. The summed E-state index contributed by atoms with van der Waals surface area (Å²) in [6, 6.07) is 16.9. The van der Waals surface area contributed by atoms with Gasteiger partial charge >= 0.3 is 5.97 Å². The predicted octanol–water partition coefficient (Wildman–Crippen LogP) is 7.72. The molecule has 1 N–H and O–H groups in total. The zero-order valence-corrected chi connectivity index (χ0v) is 31.5. The first-order valence-electron chi connectivity index (χ1n) is 18.4. The number of methoxy groups -OCH3 is 2. The molecule has 0 saturated carbocycles. The highest BCUT2D eigenvalue weighted by Gasteiger charge is 2.38. The number of nitrogens with one attached hydrogen (secondary N) is 1. The first-order chi connectivity index (χ1) is 24.6. The predicted molar refractivity (Wildman–Crippen MR) is 200 cm³/mol. The molecule has 0 spiro atoms. The number of carbonyl (C=O) groups excluding carboxylic acids is 3. The number of aryl methyl sites for hydroxylation is 4. The van der Waals surface area contributed by atoms with Gasteiger partial charge in [0, 0.05) is 13.1 Å². The number of ether oxygens (including phenoxy) is 4. The smallest absolute Gasteiger partial charge is 0.329 e. The van der Waals surface area contributed by atoms with E-state index in [0.29, 0.717) is 56.0 Å². The summed E-state index contributed by atoms with van der Waals surface area (Å²) >= 11 is 0. The third-order valence-corrected chi connectivity index (χ3v) is 9.83. The molecule has 0 aliphatic carbocycles. The van der Waals surface area contributed by atoms with Crippen LogP contribution in [0.15, 0.2) is 54.6 Å². The highest BCUT2D eigenvalue weighted by molar-refractivity contribution is 5.89. The summed E-state index contributed by atoms with van der Waals surface area (Å²) in [5.41, 5.74) is 6.07. The quantitative estimate of drug-likeness (QED) is 0.114. The molecule has 3 aromatic carbocycles. The maximum Gasteiger partial charge on any atom is 0.329 e. The van der Waals surface area contributed by atoms with Gasteiger partial charge in [-0.05, 0) is 117 Å². The van der Waals surface area contributed by atoms with Gasteiger partial charge in [0.2, 0.25) is 5.91 Å². The zero-order valence-electron chi connectivity index (χ0n) is 31.5. The fraction of sp³-hybridized carbons (Fsp3) is 0.500. The lowest BCUT2D eigenvalue weighted by molar-refractivity contribution is -0.162. The van der Waals surface area contributed by atoms with Crippen molar-refractivity contribution >= 4 is 17.8 Å². The lowest BCUT2D eigenvalue weighted by Gasteiger charge is -2.37. The molecule has 3 aromatic rings. The molecule has 51 heavy (non-hydrogen) atoms. The van der Waals surface area contributed by atoms with E-state index >= 15 is 0 Å². The summed E-state index contributed by atoms with van der Waals surface area (Å²) in [6.45, 7) is 11.2. The van der Waals surface area contributed by atoms with Crippen LogP contribution in [0.3, 0.4) is 0 Å². The van der Waals surface area contributed by atoms with E-state index < -0.39 is 24.0 Å². The summed E-state index contributed by atoms with van der Waals surface area (Å²) in [7, 11) is 3.19. The van der Waals surface area contributed by atoms with Crippen LogP contribution < -0.4 is 19.5 Å². The molecule has 1 unspecified atom stereocenters. The van der Waals surface area contributed by atoms with Gasteiger partial charge in [0.15, 0.2) is 18.1 Å². The lowest BCUT2D eigenvalue weighted by Crippen LogP contribution is -2.50. The number of rotatable bonds is 17. The molecule has 1 fully saturated rings. The number of esters is 1. The van der Waals surface area contributed by atoms with Gasteiger partial charge in [-0.25, -0.2) is 4.79 Å². The Bertz CT molecular complexity index is 1640. The van der Waals surface area contributed by atoms with Crippen molar-refractivity contribution in [3.05, 3.63) is 88.0 Å². The number of hydrogen-bond acceptors (Lipinski definition) is 7. The van der Waals surface area contributed by atoms with Gasteiger partial charge in [-0.1, -0.05) is 56.7 Å². The van der Waals surface area contributed by atoms with Gasteiger partial charge in [-0.15, -0.1) is 0 Å². The van der Waals surface area contributed by atoms with E-state index in [0.717, 1.165) is 47.9 Å². The number of piperidine rings is 1. The van der Waals surface area contributed by atoms with E-state index in [2.05, 4.69) is 44.3 Å². The highest BCUT2D eigenvalue weighted by atomic mass is 16.5. The van der Waals surface area contributed by atoms with Crippen molar-refractivity contribution < 1.29 is 33.3 Å². The maximum absolute atomic E-state index is 14.3. The van der Waals surface area contributed by atoms with E-state index in [1.165, 1.54) is 11.1 Å². The van der Waals surface area contributed by atoms with Crippen LogP contribution in [0.2, 0.25) is 0 Å². The molecule has 0 aromatic heterocycles. The fourth-order valence-electron chi connectivity index (χ4n) is 6.75. The van der Waals surface area contributed by atoms with E-state index in [4.69, 9.17) is 18.9 Å². The number of carbonyl (C=O) groups is 3. The molecule has 1 saturated heterocycles. The van der Waals surface area contributed by atoms with Crippen LogP contribution in [-0.2, 0) is 25.5 Å². The van der Waals surface area contributed by atoms with E-state index in [1.54, 1.807) is 25.2 Å². The molecule has 1 aliphatic rings. The topological polar surface area (TPSA) is 103 Å². The van der Waals surface area contributed by atoms with Gasteiger partial charge in [0.05, 0.1) is 20.1 Å². The molecule has 2 amide bonds. The molecule has 0 bridgehead atoms. The van der Waals surface area contributed by atoms with Crippen LogP contribution in [0.1, 0.15) is 104 Å². The van der Waals surface area contributed by atoms with Crippen LogP contribution in [0, 0.1) is 20.8 Å². The van der Waals surface area contributed by atoms with Crippen molar-refractivity contribution in [2.45, 2.75) is 104 Å². The number of amides is 2. The van der Waals surface area contributed by atoms with E-state index in [-0.39, 0.29) is 18.4 Å². The molecule has 9 nitrogen and oxygen atoms in total. The van der Waals surface area contributed by atoms with Gasteiger partial charge in [-0.3, -0.25) is 9.59 Å². The van der Waals surface area contributed by atoms with Crippen LogP contribution in [0.4, 0.5) is 0 Å². The Morgan fingerprint density at radius 1 is 0.902 bits per heavy atom. The molecular weight excluding hydrogens is 644 g/mol. The molecule has 1 heterocycles. The lowest BCUT2D eigenvalue weighted by atomic mass is 9.91. The molecule has 9 heteroatoms. The van der Waals surface area contributed by atoms with Gasteiger partial charge in [0.1, 0.15) is 17.9 Å². The molecule has 3 atom stereocenters. The SMILES string of the molecule is CCCCNC(=O)COc1cccc(C(CCc2ccc(C)c(C)c2)OC(=O)[C@@H]2CCCCN2C(=O)[C@@H](CC)c2cc(C)c(OC)c(OC)c2)c1. The molecule has 4 rings (SSSR count). The normalized spacial score (nSPS) is 15.4. The fourth-order valence-corrected chi connectivity index (χ4v) is 6.75. The van der Waals surface area contributed by atoms with Crippen molar-refractivity contribution in [3.63, 3.8) is 0 Å². The highest BCUT2D eigenvalue weighted by Crippen LogP contribution is 2.37. The van der Waals surface area contributed by atoms with E-state index in [1.807, 2.05) is 44.2 Å². The third-order valence-electron chi connectivity index (χ3n) is 9.83. The third kappa shape index (κ3) is 10.5. The number of nitrogens with zero attached hydrogens (tertiary/aromatic N) is 1. The van der Waals surface area contributed by atoms with Gasteiger partial charge < -0.3 is 29.2 Å². The van der Waals surface area contributed by atoms with Crippen LogP contribution in [0.5, 0.6) is 17.2 Å². The van der Waals surface area contributed by atoms with Crippen molar-refractivity contribution in [1.29, 1.82) is 0 Å². The van der Waals surface area contributed by atoms with Crippen molar-refractivity contribution in [2.24, 2.45) is 0 Å². The monoisotopic (exact) mass is 700 g/mol. The summed E-state index contributed by atoms with van der Waals surface area (Å²) in [6.07, 6.45) is 5.29. The Balaban J connectivity index is 1.57. The first-order valence-corrected chi connectivity index (χ1v) is 18.4. The second-order valence-electron chi connectivity index (χ2n) is 13.5. The molecule has 1 aliphatic heterocycles. The molecular formula is C42H56N2O7. The van der Waals surface area contributed by atoms with Crippen LogP contribution in [0.25, 0.3) is 0 Å². The Morgan fingerprint density at radius 2 is 1.71 bits per heavy atom. The average molecular weight is 701 g/mol. The Morgan fingerprint density at radius 3 is 2.41 bits per heavy atom. The first kappa shape index (κ1) is 39.3. The van der Waals surface area contributed by atoms with Crippen molar-refractivity contribution in [2.75, 3.05) is 33.9 Å². The van der Waals surface area contributed by atoms with Crippen LogP contribution >= 0.6 is 0 Å². The standard InChI is InChI=1S/C42H56N2O7/c1-8-10-21-43-39(45)27-50-34-15-13-14-32(25-34)37(20-19-31-18-17-28(3)29(4)23-31)51-42(47)36-16-11-12-22-44(36)41(46)35(9-2)33-24-30(5)40(49-7)38(26-33)48-6/h13-15,17-18,23-26,35-37H,8-12,16,19-22,27H2,1-7H3,(H,43,45)/t35-,36-,37?/m0/s1. The number of benzene rings is 3. The summed E-state index contributed by atoms with van der Waals surface area (Å²) in [4.78, 5) is 42.5. The van der Waals surface area contributed by atoms with E-state index in [9.17, 15) is 14.4 Å². The zero-order chi connectivity index (χ0) is 36.9. The second-order valence-corrected chi connectivity index (χ2v) is 13.5. The molecule has 0 radical (unpaired) electrons. The van der Waals surface area contributed by atoms with Crippen molar-refractivity contribution in [1.82, 2.24) is 10.2 Å². The number of likely N-dealkylation sites (tertiary alicyclic amines) is 1. The van der Waals surface area contributed by atoms with Gasteiger partial charge in [0.25, 0.3) is 5.91 Å². The Labute approximate surface area is 304 Å². The van der Waals surface area contributed by atoms with Crippen LogP contribution in [-0.4, -0.2) is 62.6 Å². The minimum absolute atomic E-state index is 0.0925. The average Bonchev–Trinajstić information content (AvgIpc) is 3.14. The number of unbranched alkanes of at least 4 members (excludes halogenated alkanes) is 1. The summed E-state index contributed by atoms with van der Waals surface area (Å²) < 4.78 is 23.4. The minimum Gasteiger partial charge on any atom is -0.493 e. The second kappa shape index (κ2) is 19.2. The Kier molecular flexibility index (Phi) is 14.8. The van der Waals surface area contributed by atoms with Crippen molar-refractivity contribution in [3.8, 4) is 17.2 Å². The Hall–Kier alpha value is -4.53. The van der Waals surface area contributed by atoms with Gasteiger partial charge in [-0.2, -0.15) is 0 Å².